The van der Waals surface area contributed by atoms with Gasteiger partial charge in [0, 0.05) is 41.0 Å². The fraction of sp³-hybridized carbons (Fsp3) is 0.235. The average molecular weight is 653 g/mol. The van der Waals surface area contributed by atoms with Crippen molar-refractivity contribution < 1.29 is 17.6 Å². The van der Waals surface area contributed by atoms with Crippen molar-refractivity contribution in [2.24, 2.45) is 5.92 Å². The molecular formula is C34H33FN8O3S. The Labute approximate surface area is 270 Å². The summed E-state index contributed by atoms with van der Waals surface area (Å²) >= 11 is 0. The van der Waals surface area contributed by atoms with E-state index in [4.69, 9.17) is 0 Å². The van der Waals surface area contributed by atoms with Crippen molar-refractivity contribution in [1.82, 2.24) is 35.2 Å². The van der Waals surface area contributed by atoms with E-state index in [9.17, 15) is 17.6 Å². The molecule has 47 heavy (non-hydrogen) atoms. The van der Waals surface area contributed by atoms with Crippen molar-refractivity contribution in [3.8, 4) is 33.8 Å². The normalized spacial score (nSPS) is 14.2. The number of hydrogen-bond acceptors (Lipinski definition) is 7. The second-order valence-electron chi connectivity index (χ2n) is 12.0. The Kier molecular flexibility index (Phi) is 8.26. The van der Waals surface area contributed by atoms with Crippen LogP contribution < -0.4 is 15.4 Å². The van der Waals surface area contributed by atoms with Crippen molar-refractivity contribution in [1.29, 1.82) is 0 Å². The fourth-order valence-electron chi connectivity index (χ4n) is 6.15. The van der Waals surface area contributed by atoms with Gasteiger partial charge >= 0.3 is 0 Å². The Morgan fingerprint density at radius 3 is 2.66 bits per heavy atom. The lowest BCUT2D eigenvalue weighted by molar-refractivity contribution is -0.117. The van der Waals surface area contributed by atoms with Crippen LogP contribution in [0.15, 0.2) is 73.2 Å². The van der Waals surface area contributed by atoms with E-state index >= 15 is 0 Å². The number of carbonyl (C=O) groups excluding carboxylic acids is 1. The number of aromatic nitrogens is 5. The number of pyridine rings is 2. The number of halogens is 1. The lowest BCUT2D eigenvalue weighted by Crippen LogP contribution is -2.30. The van der Waals surface area contributed by atoms with E-state index in [0.717, 1.165) is 70.8 Å². The summed E-state index contributed by atoms with van der Waals surface area (Å²) in [4.78, 5) is 25.1. The third-order valence-electron chi connectivity index (χ3n) is 8.42. The zero-order valence-electron chi connectivity index (χ0n) is 25.6. The van der Waals surface area contributed by atoms with Crippen LogP contribution in [-0.4, -0.2) is 58.8 Å². The highest BCUT2D eigenvalue weighted by molar-refractivity contribution is 7.88. The number of piperidine rings is 1. The Bertz CT molecular complexity index is 2220. The molecule has 1 amide bonds. The lowest BCUT2D eigenvalue weighted by atomic mass is 9.94. The standard InChI is InChI=1S/C34H33FN8O3S/c1-47(45,46)39-16-21-9-22(12-24(35)10-21)26-3-2-4-29-27(26)14-31(41-29)34-28-15-30(38-19-32(28)42-43-34)23-13-25(18-37-17-23)40-33(44)11-20-5-7-36-8-6-20/h2-4,9-10,12-15,17-20,36,39,41H,5-8,11,16H2,1H3,(H,40,44)(H,42,43). The molecule has 13 heteroatoms. The first kappa shape index (κ1) is 30.7. The highest BCUT2D eigenvalue weighted by atomic mass is 32.2. The second kappa shape index (κ2) is 12.7. The van der Waals surface area contributed by atoms with Crippen LogP contribution in [0.1, 0.15) is 24.8 Å². The van der Waals surface area contributed by atoms with Gasteiger partial charge in [-0.15, -0.1) is 0 Å². The van der Waals surface area contributed by atoms with E-state index in [-0.39, 0.29) is 12.5 Å². The number of carbonyl (C=O) groups is 1. The molecule has 4 aromatic heterocycles. The molecule has 1 fully saturated rings. The summed E-state index contributed by atoms with van der Waals surface area (Å²) in [5.74, 6) is -0.0966. The van der Waals surface area contributed by atoms with Crippen molar-refractivity contribution in [2.75, 3.05) is 24.7 Å². The number of benzene rings is 2. The van der Waals surface area contributed by atoms with E-state index in [1.54, 1.807) is 24.7 Å². The number of nitrogens with one attached hydrogen (secondary N) is 5. The van der Waals surface area contributed by atoms with Gasteiger partial charge in [0.15, 0.2) is 0 Å². The topological polar surface area (TPSA) is 158 Å². The smallest absolute Gasteiger partial charge is 0.224 e. The van der Waals surface area contributed by atoms with E-state index in [2.05, 4.69) is 40.5 Å². The van der Waals surface area contributed by atoms with E-state index < -0.39 is 15.8 Å². The van der Waals surface area contributed by atoms with Crippen LogP contribution in [0, 0.1) is 11.7 Å². The van der Waals surface area contributed by atoms with E-state index in [1.807, 2.05) is 36.4 Å². The van der Waals surface area contributed by atoms with Crippen LogP contribution in [0.3, 0.4) is 0 Å². The predicted octanol–water partition coefficient (Wildman–Crippen LogP) is 5.35. The van der Waals surface area contributed by atoms with Gasteiger partial charge in [-0.2, -0.15) is 5.10 Å². The summed E-state index contributed by atoms with van der Waals surface area (Å²) in [6.07, 6.45) is 8.62. The zero-order valence-corrected chi connectivity index (χ0v) is 26.4. The first-order valence-electron chi connectivity index (χ1n) is 15.4. The molecule has 1 saturated heterocycles. The summed E-state index contributed by atoms with van der Waals surface area (Å²) in [5.41, 5.74) is 6.99. The van der Waals surface area contributed by atoms with Crippen molar-refractivity contribution in [2.45, 2.75) is 25.8 Å². The van der Waals surface area contributed by atoms with Gasteiger partial charge in [-0.1, -0.05) is 12.1 Å². The molecule has 6 aromatic rings. The Balaban J connectivity index is 1.18. The predicted molar refractivity (Wildman–Crippen MR) is 180 cm³/mol. The molecule has 5 heterocycles. The minimum Gasteiger partial charge on any atom is -0.353 e. The molecule has 0 spiro atoms. The molecule has 0 aliphatic carbocycles. The molecule has 5 N–H and O–H groups in total. The van der Waals surface area contributed by atoms with Crippen LogP contribution in [-0.2, 0) is 21.4 Å². The fourth-order valence-corrected chi connectivity index (χ4v) is 6.57. The molecule has 2 aromatic carbocycles. The molecule has 0 unspecified atom stereocenters. The number of fused-ring (bicyclic) bond motifs is 2. The van der Waals surface area contributed by atoms with Gasteiger partial charge in [0.05, 0.1) is 41.2 Å². The largest absolute Gasteiger partial charge is 0.353 e. The van der Waals surface area contributed by atoms with Crippen LogP contribution in [0.4, 0.5) is 10.1 Å². The summed E-state index contributed by atoms with van der Waals surface area (Å²) < 4.78 is 40.3. The number of H-pyrrole nitrogens is 2. The maximum Gasteiger partial charge on any atom is 0.224 e. The third-order valence-corrected chi connectivity index (χ3v) is 9.09. The number of amides is 1. The monoisotopic (exact) mass is 652 g/mol. The molecule has 7 rings (SSSR count). The van der Waals surface area contributed by atoms with Crippen LogP contribution in [0.2, 0.25) is 0 Å². The van der Waals surface area contributed by atoms with Crippen LogP contribution >= 0.6 is 0 Å². The van der Waals surface area contributed by atoms with Gasteiger partial charge in [0.25, 0.3) is 0 Å². The van der Waals surface area contributed by atoms with E-state index in [1.165, 1.54) is 12.1 Å². The van der Waals surface area contributed by atoms with Crippen molar-refractivity contribution in [3.63, 3.8) is 0 Å². The van der Waals surface area contributed by atoms with Gasteiger partial charge in [-0.3, -0.25) is 19.9 Å². The van der Waals surface area contributed by atoms with Crippen LogP contribution in [0.5, 0.6) is 0 Å². The number of anilines is 1. The van der Waals surface area contributed by atoms with Crippen molar-refractivity contribution >= 4 is 43.4 Å². The number of rotatable bonds is 9. The first-order chi connectivity index (χ1) is 22.7. The third kappa shape index (κ3) is 6.92. The van der Waals surface area contributed by atoms with Gasteiger partial charge < -0.3 is 15.6 Å². The van der Waals surface area contributed by atoms with E-state index in [0.29, 0.717) is 40.5 Å². The Hall–Kier alpha value is -4.98. The maximum absolute atomic E-state index is 14.7. The minimum absolute atomic E-state index is 0.0171. The molecule has 0 bridgehead atoms. The van der Waals surface area contributed by atoms with Crippen LogP contribution in [0.25, 0.3) is 55.6 Å². The summed E-state index contributed by atoms with van der Waals surface area (Å²) in [5, 5.41) is 15.7. The number of hydrogen-bond donors (Lipinski definition) is 5. The number of aromatic amines is 2. The average Bonchev–Trinajstić information content (AvgIpc) is 3.68. The second-order valence-corrected chi connectivity index (χ2v) is 13.8. The first-order valence-corrected chi connectivity index (χ1v) is 17.2. The quantitative estimate of drug-likeness (QED) is 0.141. The summed E-state index contributed by atoms with van der Waals surface area (Å²) in [6.45, 7) is 1.87. The Morgan fingerprint density at radius 2 is 1.83 bits per heavy atom. The molecule has 0 saturated carbocycles. The molecule has 1 aliphatic rings. The highest BCUT2D eigenvalue weighted by Gasteiger charge is 2.18. The SMILES string of the molecule is CS(=O)(=O)NCc1cc(F)cc(-c2cccc3[nH]c(-c4n[nH]c5cnc(-c6cncc(NC(=O)CC7CCNCC7)c6)cc45)cc23)c1. The lowest BCUT2D eigenvalue weighted by Gasteiger charge is -2.21. The number of nitrogens with zero attached hydrogens (tertiary/aromatic N) is 3. The molecule has 240 valence electrons. The zero-order chi connectivity index (χ0) is 32.5. The highest BCUT2D eigenvalue weighted by Crippen LogP contribution is 2.35. The maximum atomic E-state index is 14.7. The number of sulfonamides is 1. The van der Waals surface area contributed by atoms with Crippen molar-refractivity contribution in [3.05, 3.63) is 84.6 Å². The molecule has 11 nitrogen and oxygen atoms in total. The molecule has 0 radical (unpaired) electrons. The van der Waals surface area contributed by atoms with Gasteiger partial charge in [-0.25, -0.2) is 17.5 Å². The summed E-state index contributed by atoms with van der Waals surface area (Å²) in [7, 11) is -3.43. The molecule has 0 atom stereocenters. The van der Waals surface area contributed by atoms with Gasteiger partial charge in [0.1, 0.15) is 11.5 Å². The minimum atomic E-state index is -3.43. The summed E-state index contributed by atoms with van der Waals surface area (Å²) in [6, 6.07) is 16.0. The Morgan fingerprint density at radius 1 is 0.979 bits per heavy atom. The molecule has 1 aliphatic heterocycles. The van der Waals surface area contributed by atoms with Gasteiger partial charge in [-0.05, 0) is 91.0 Å². The van der Waals surface area contributed by atoms with Gasteiger partial charge in [0.2, 0.25) is 15.9 Å². The molecular weight excluding hydrogens is 619 g/mol.